The number of nitrogens with one attached hydrogen (secondary N) is 2. The van der Waals surface area contributed by atoms with Crippen LogP contribution in [0.5, 0.6) is 0 Å². The van der Waals surface area contributed by atoms with Crippen LogP contribution in [0.1, 0.15) is 30.6 Å². The summed E-state index contributed by atoms with van der Waals surface area (Å²) in [5, 5.41) is 3.00. The summed E-state index contributed by atoms with van der Waals surface area (Å²) in [6.45, 7) is 3.23. The van der Waals surface area contributed by atoms with Gasteiger partial charge >= 0.3 is 11.9 Å². The number of aromatic nitrogens is 1. The number of aromatic amines is 1. The molecule has 0 radical (unpaired) electrons. The highest BCUT2D eigenvalue weighted by atomic mass is 16.5. The number of ether oxygens (including phenoxy) is 2. The van der Waals surface area contributed by atoms with E-state index in [4.69, 9.17) is 4.74 Å². The average molecular weight is 374 g/mol. The summed E-state index contributed by atoms with van der Waals surface area (Å²) in [5.74, 6) is -1.84. The Kier molecular flexibility index (Phi) is 6.70. The minimum atomic E-state index is -0.818. The molecular weight excluding hydrogens is 352 g/mol. The highest BCUT2D eigenvalue weighted by Gasteiger charge is 2.23. The Morgan fingerprint density at radius 2 is 1.89 bits per heavy atom. The number of methoxy groups -OCH3 is 1. The van der Waals surface area contributed by atoms with Crippen molar-refractivity contribution in [2.24, 2.45) is 5.92 Å². The number of rotatable bonds is 7. The van der Waals surface area contributed by atoms with Crippen LogP contribution in [0.3, 0.4) is 0 Å². The van der Waals surface area contributed by atoms with Crippen LogP contribution in [-0.2, 0) is 19.1 Å². The van der Waals surface area contributed by atoms with Gasteiger partial charge in [-0.25, -0.2) is 9.59 Å². The minimum absolute atomic E-state index is 0.0637. The summed E-state index contributed by atoms with van der Waals surface area (Å²) in [6.07, 6.45) is 0.394. The first-order valence-corrected chi connectivity index (χ1v) is 8.48. The maximum atomic E-state index is 12.3. The zero-order chi connectivity index (χ0) is 20.0. The molecule has 0 aliphatic heterocycles. The third kappa shape index (κ3) is 5.40. The quantitative estimate of drug-likeness (QED) is 0.708. The summed E-state index contributed by atoms with van der Waals surface area (Å²) >= 11 is 0. The fourth-order valence-corrected chi connectivity index (χ4v) is 2.65. The second-order valence-corrected chi connectivity index (χ2v) is 6.44. The molecule has 8 heteroatoms. The number of benzene rings is 1. The Bertz CT molecular complexity index is 902. The summed E-state index contributed by atoms with van der Waals surface area (Å²) in [7, 11) is 1.24. The number of pyridine rings is 1. The largest absolute Gasteiger partial charge is 0.467 e. The maximum absolute atomic E-state index is 12.3. The Balaban J connectivity index is 2.06. The minimum Gasteiger partial charge on any atom is -0.467 e. The van der Waals surface area contributed by atoms with Gasteiger partial charge in [0.15, 0.2) is 6.61 Å². The van der Waals surface area contributed by atoms with E-state index >= 15 is 0 Å². The fourth-order valence-electron chi connectivity index (χ4n) is 2.65. The van der Waals surface area contributed by atoms with Crippen LogP contribution in [0.4, 0.5) is 0 Å². The number of para-hydroxylation sites is 1. The first-order valence-electron chi connectivity index (χ1n) is 8.48. The molecule has 1 amide bonds. The van der Waals surface area contributed by atoms with Gasteiger partial charge in [-0.15, -0.1) is 0 Å². The maximum Gasteiger partial charge on any atom is 0.339 e. The molecule has 1 heterocycles. The molecule has 8 nitrogen and oxygen atoms in total. The van der Waals surface area contributed by atoms with E-state index < -0.39 is 36.1 Å². The molecule has 0 spiro atoms. The van der Waals surface area contributed by atoms with Crippen LogP contribution >= 0.6 is 0 Å². The van der Waals surface area contributed by atoms with E-state index in [1.54, 1.807) is 24.3 Å². The zero-order valence-corrected chi connectivity index (χ0v) is 15.4. The predicted molar refractivity (Wildman–Crippen MR) is 98.3 cm³/mol. The molecule has 0 aliphatic rings. The van der Waals surface area contributed by atoms with Gasteiger partial charge in [0.1, 0.15) is 6.04 Å². The zero-order valence-electron chi connectivity index (χ0n) is 15.4. The standard InChI is InChI=1S/C19H22N2O6/c1-11(2)8-15(19(25)26-3)21-17(23)10-27-18(24)13-9-16(22)20-14-7-5-4-6-12(13)14/h4-7,9,11,15H,8,10H2,1-3H3,(H,20,22)(H,21,23)/t15-/m0/s1. The van der Waals surface area contributed by atoms with Crippen molar-refractivity contribution in [1.82, 2.24) is 10.3 Å². The molecule has 2 aromatic rings. The Morgan fingerprint density at radius 1 is 1.19 bits per heavy atom. The third-order valence-electron chi connectivity index (χ3n) is 3.83. The molecule has 2 rings (SSSR count). The molecule has 1 aromatic heterocycles. The Labute approximate surface area is 155 Å². The number of hydrogen-bond acceptors (Lipinski definition) is 6. The molecule has 0 fully saturated rings. The van der Waals surface area contributed by atoms with Gasteiger partial charge in [0.2, 0.25) is 5.56 Å². The molecule has 0 unspecified atom stereocenters. The molecule has 0 saturated carbocycles. The van der Waals surface area contributed by atoms with E-state index in [1.807, 2.05) is 13.8 Å². The number of H-pyrrole nitrogens is 1. The second-order valence-electron chi connectivity index (χ2n) is 6.44. The highest BCUT2D eigenvalue weighted by Crippen LogP contribution is 2.15. The summed E-state index contributed by atoms with van der Waals surface area (Å²) in [6, 6.07) is 7.07. The van der Waals surface area contributed by atoms with Crippen LogP contribution in [0, 0.1) is 5.92 Å². The lowest BCUT2D eigenvalue weighted by atomic mass is 10.0. The lowest BCUT2D eigenvalue weighted by molar-refractivity contribution is -0.145. The molecule has 2 N–H and O–H groups in total. The van der Waals surface area contributed by atoms with Crippen molar-refractivity contribution in [3.8, 4) is 0 Å². The first kappa shape index (κ1) is 20.2. The van der Waals surface area contributed by atoms with Crippen LogP contribution < -0.4 is 10.9 Å². The summed E-state index contributed by atoms with van der Waals surface area (Å²) < 4.78 is 9.69. The Hall–Kier alpha value is -3.16. The van der Waals surface area contributed by atoms with E-state index in [9.17, 15) is 19.2 Å². The number of amides is 1. The molecule has 27 heavy (non-hydrogen) atoms. The summed E-state index contributed by atoms with van der Waals surface area (Å²) in [5.41, 5.74) is 0.103. The van der Waals surface area contributed by atoms with Crippen molar-refractivity contribution in [3.05, 3.63) is 46.2 Å². The lowest BCUT2D eigenvalue weighted by Gasteiger charge is -2.18. The van der Waals surface area contributed by atoms with Gasteiger partial charge in [-0.05, 0) is 18.4 Å². The Morgan fingerprint density at radius 3 is 2.56 bits per heavy atom. The normalized spacial score (nSPS) is 11.9. The molecule has 0 saturated heterocycles. The van der Waals surface area contributed by atoms with Crippen LogP contribution in [-0.4, -0.2) is 42.6 Å². The highest BCUT2D eigenvalue weighted by molar-refractivity contribution is 6.03. The fraction of sp³-hybridized carbons (Fsp3) is 0.368. The third-order valence-corrected chi connectivity index (χ3v) is 3.83. The van der Waals surface area contributed by atoms with E-state index in [0.29, 0.717) is 17.3 Å². The van der Waals surface area contributed by atoms with E-state index in [1.165, 1.54) is 7.11 Å². The lowest BCUT2D eigenvalue weighted by Crippen LogP contribution is -2.44. The van der Waals surface area contributed by atoms with Crippen molar-refractivity contribution >= 4 is 28.7 Å². The molecule has 1 aromatic carbocycles. The second kappa shape index (κ2) is 8.98. The van der Waals surface area contributed by atoms with Gasteiger partial charge in [0.25, 0.3) is 5.91 Å². The topological polar surface area (TPSA) is 115 Å². The smallest absolute Gasteiger partial charge is 0.339 e. The van der Waals surface area contributed by atoms with Gasteiger partial charge in [-0.2, -0.15) is 0 Å². The molecule has 0 aliphatic carbocycles. The van der Waals surface area contributed by atoms with Crippen molar-refractivity contribution in [1.29, 1.82) is 0 Å². The summed E-state index contributed by atoms with van der Waals surface area (Å²) in [4.78, 5) is 50.5. The van der Waals surface area contributed by atoms with Gasteiger partial charge in [-0.3, -0.25) is 9.59 Å². The number of hydrogen-bond donors (Lipinski definition) is 2. The number of carbonyl (C=O) groups is 3. The van der Waals surface area contributed by atoms with Crippen LogP contribution in [0.2, 0.25) is 0 Å². The predicted octanol–water partition coefficient (Wildman–Crippen LogP) is 1.39. The van der Waals surface area contributed by atoms with Crippen molar-refractivity contribution in [2.45, 2.75) is 26.3 Å². The van der Waals surface area contributed by atoms with Gasteiger partial charge in [0.05, 0.1) is 12.7 Å². The average Bonchev–Trinajstić information content (AvgIpc) is 2.63. The first-order chi connectivity index (χ1) is 12.8. The van der Waals surface area contributed by atoms with Crippen LogP contribution in [0.25, 0.3) is 10.9 Å². The molecule has 1 atom stereocenters. The molecule has 0 bridgehead atoms. The van der Waals surface area contributed by atoms with Crippen molar-refractivity contribution in [2.75, 3.05) is 13.7 Å². The monoisotopic (exact) mass is 374 g/mol. The van der Waals surface area contributed by atoms with Crippen molar-refractivity contribution < 1.29 is 23.9 Å². The van der Waals surface area contributed by atoms with Gasteiger partial charge in [-0.1, -0.05) is 32.0 Å². The number of esters is 2. The number of fused-ring (bicyclic) bond motifs is 1. The van der Waals surface area contributed by atoms with Crippen molar-refractivity contribution in [3.63, 3.8) is 0 Å². The van der Waals surface area contributed by atoms with E-state index in [0.717, 1.165) is 6.07 Å². The van der Waals surface area contributed by atoms with E-state index in [-0.39, 0.29) is 11.5 Å². The SMILES string of the molecule is COC(=O)[C@H](CC(C)C)NC(=O)COC(=O)c1cc(=O)[nH]c2ccccc12. The number of carbonyl (C=O) groups excluding carboxylic acids is 3. The van der Waals surface area contributed by atoms with E-state index in [2.05, 4.69) is 15.0 Å². The van der Waals surface area contributed by atoms with Gasteiger partial charge < -0.3 is 19.8 Å². The van der Waals surface area contributed by atoms with Gasteiger partial charge in [0, 0.05) is 17.0 Å². The van der Waals surface area contributed by atoms with Crippen LogP contribution in [0.15, 0.2) is 35.1 Å². The molecular formula is C19H22N2O6. The molecule has 144 valence electrons.